The normalized spacial score (nSPS) is 10.8. The molecule has 0 amide bonds. The maximum absolute atomic E-state index is 11.8. The average molecular weight is 253 g/mol. The maximum Gasteiger partial charge on any atom is 0.352 e. The number of esters is 1. The van der Waals surface area contributed by atoms with E-state index in [1.54, 1.807) is 20.8 Å². The van der Waals surface area contributed by atoms with Crippen LogP contribution in [0.2, 0.25) is 0 Å². The van der Waals surface area contributed by atoms with Gasteiger partial charge in [-0.15, -0.1) is 5.10 Å². The SMILES string of the molecule is Cc1nc(-c2nnsc2C(=O)OC(C)C)co1. The molecule has 0 fully saturated rings. The molecular weight excluding hydrogens is 242 g/mol. The van der Waals surface area contributed by atoms with Gasteiger partial charge in [0.1, 0.15) is 17.7 Å². The van der Waals surface area contributed by atoms with Crippen LogP contribution in [0, 0.1) is 6.92 Å². The summed E-state index contributed by atoms with van der Waals surface area (Å²) in [7, 11) is 0. The van der Waals surface area contributed by atoms with Crippen molar-refractivity contribution in [1.29, 1.82) is 0 Å². The summed E-state index contributed by atoms with van der Waals surface area (Å²) in [6.07, 6.45) is 1.26. The minimum atomic E-state index is -0.439. The first-order valence-electron chi connectivity index (χ1n) is 5.03. The highest BCUT2D eigenvalue weighted by Gasteiger charge is 2.22. The largest absolute Gasteiger partial charge is 0.459 e. The number of carbonyl (C=O) groups is 1. The van der Waals surface area contributed by atoms with Crippen LogP contribution >= 0.6 is 11.5 Å². The highest BCUT2D eigenvalue weighted by Crippen LogP contribution is 2.24. The number of rotatable bonds is 3. The fraction of sp³-hybridized carbons (Fsp3) is 0.400. The number of hydrogen-bond acceptors (Lipinski definition) is 7. The molecule has 2 aromatic rings. The Labute approximate surface area is 102 Å². The molecule has 0 unspecified atom stereocenters. The van der Waals surface area contributed by atoms with Crippen molar-refractivity contribution >= 4 is 17.5 Å². The molecule has 0 aliphatic heterocycles. The van der Waals surface area contributed by atoms with Gasteiger partial charge in [-0.25, -0.2) is 9.78 Å². The zero-order valence-corrected chi connectivity index (χ0v) is 10.4. The third-order valence-electron chi connectivity index (χ3n) is 1.88. The van der Waals surface area contributed by atoms with Crippen molar-refractivity contribution in [1.82, 2.24) is 14.6 Å². The van der Waals surface area contributed by atoms with Crippen LogP contribution in [0.15, 0.2) is 10.7 Å². The molecule has 7 heteroatoms. The predicted molar refractivity (Wildman–Crippen MR) is 60.7 cm³/mol. The van der Waals surface area contributed by atoms with Gasteiger partial charge in [-0.2, -0.15) is 0 Å². The first-order valence-corrected chi connectivity index (χ1v) is 5.81. The average Bonchev–Trinajstić information content (AvgIpc) is 2.83. The predicted octanol–water partition coefficient (Wildman–Crippen LogP) is 2.07. The minimum Gasteiger partial charge on any atom is -0.459 e. The quantitative estimate of drug-likeness (QED) is 0.779. The molecule has 90 valence electrons. The highest BCUT2D eigenvalue weighted by molar-refractivity contribution is 7.08. The van der Waals surface area contributed by atoms with Gasteiger partial charge in [0.15, 0.2) is 10.8 Å². The molecule has 0 aromatic carbocycles. The van der Waals surface area contributed by atoms with E-state index in [4.69, 9.17) is 9.15 Å². The summed E-state index contributed by atoms with van der Waals surface area (Å²) in [6, 6.07) is 0. The molecule has 2 rings (SSSR count). The van der Waals surface area contributed by atoms with Crippen LogP contribution in [0.3, 0.4) is 0 Å². The Kier molecular flexibility index (Phi) is 3.19. The Bertz CT molecular complexity index is 532. The third kappa shape index (κ3) is 2.50. The molecule has 0 radical (unpaired) electrons. The molecule has 0 saturated carbocycles. The van der Waals surface area contributed by atoms with E-state index in [0.29, 0.717) is 22.2 Å². The molecule has 2 aromatic heterocycles. The van der Waals surface area contributed by atoms with Gasteiger partial charge in [-0.3, -0.25) is 0 Å². The molecule has 0 aliphatic rings. The Morgan fingerprint density at radius 1 is 1.53 bits per heavy atom. The molecule has 17 heavy (non-hydrogen) atoms. The van der Waals surface area contributed by atoms with Crippen molar-refractivity contribution in [3.05, 3.63) is 17.0 Å². The topological polar surface area (TPSA) is 78.1 Å². The standard InChI is InChI=1S/C10H11N3O3S/c1-5(2)16-10(14)9-8(12-13-17-9)7-4-15-6(3)11-7/h4-5H,1-3H3. The van der Waals surface area contributed by atoms with Crippen LogP contribution in [0.4, 0.5) is 0 Å². The lowest BCUT2D eigenvalue weighted by molar-refractivity contribution is 0.0384. The molecule has 6 nitrogen and oxygen atoms in total. The van der Waals surface area contributed by atoms with Gasteiger partial charge >= 0.3 is 5.97 Å². The van der Waals surface area contributed by atoms with E-state index >= 15 is 0 Å². The fourth-order valence-corrected chi connectivity index (χ4v) is 1.79. The summed E-state index contributed by atoms with van der Waals surface area (Å²) in [5.74, 6) is 0.0711. The summed E-state index contributed by atoms with van der Waals surface area (Å²) >= 11 is 0.986. The molecule has 2 heterocycles. The summed E-state index contributed by atoms with van der Waals surface area (Å²) in [5, 5.41) is 3.87. The lowest BCUT2D eigenvalue weighted by Crippen LogP contribution is -2.11. The lowest BCUT2D eigenvalue weighted by Gasteiger charge is -2.05. The first-order chi connectivity index (χ1) is 8.08. The van der Waals surface area contributed by atoms with Crippen molar-refractivity contribution < 1.29 is 13.9 Å². The Balaban J connectivity index is 2.31. The Hall–Kier alpha value is -1.76. The van der Waals surface area contributed by atoms with Crippen LogP contribution in [0.5, 0.6) is 0 Å². The molecule has 0 atom stereocenters. The van der Waals surface area contributed by atoms with Crippen LogP contribution in [-0.2, 0) is 4.74 Å². The van der Waals surface area contributed by atoms with Gasteiger partial charge in [-0.1, -0.05) is 4.49 Å². The van der Waals surface area contributed by atoms with Gasteiger partial charge in [0, 0.05) is 6.92 Å². The number of hydrogen-bond donors (Lipinski definition) is 0. The van der Waals surface area contributed by atoms with Crippen LogP contribution in [0.1, 0.15) is 29.4 Å². The summed E-state index contributed by atoms with van der Waals surface area (Å²) in [4.78, 5) is 16.2. The van der Waals surface area contributed by atoms with Crippen LogP contribution in [0.25, 0.3) is 11.4 Å². The second-order valence-electron chi connectivity index (χ2n) is 3.66. The van der Waals surface area contributed by atoms with Crippen molar-refractivity contribution in [2.75, 3.05) is 0 Å². The zero-order valence-electron chi connectivity index (χ0n) is 9.63. The Morgan fingerprint density at radius 3 is 2.88 bits per heavy atom. The van der Waals surface area contributed by atoms with Crippen molar-refractivity contribution in [2.45, 2.75) is 26.9 Å². The molecule has 0 N–H and O–H groups in total. The van der Waals surface area contributed by atoms with Crippen LogP contribution in [-0.4, -0.2) is 26.6 Å². The van der Waals surface area contributed by atoms with E-state index in [9.17, 15) is 4.79 Å². The van der Waals surface area contributed by atoms with Gasteiger partial charge in [-0.05, 0) is 25.4 Å². The van der Waals surface area contributed by atoms with Gasteiger partial charge < -0.3 is 9.15 Å². The van der Waals surface area contributed by atoms with E-state index in [-0.39, 0.29) is 6.10 Å². The summed E-state index contributed by atoms with van der Waals surface area (Å²) < 4.78 is 13.9. The van der Waals surface area contributed by atoms with E-state index in [1.807, 2.05) is 0 Å². The lowest BCUT2D eigenvalue weighted by atomic mass is 10.3. The van der Waals surface area contributed by atoms with Crippen molar-refractivity contribution in [3.8, 4) is 11.4 Å². The highest BCUT2D eigenvalue weighted by atomic mass is 32.1. The summed E-state index contributed by atoms with van der Waals surface area (Å²) in [5.41, 5.74) is 0.893. The zero-order chi connectivity index (χ0) is 12.4. The summed E-state index contributed by atoms with van der Waals surface area (Å²) in [6.45, 7) is 5.29. The molecule has 0 saturated heterocycles. The monoisotopic (exact) mass is 253 g/mol. The molecule has 0 aliphatic carbocycles. The Morgan fingerprint density at radius 2 is 2.29 bits per heavy atom. The van der Waals surface area contributed by atoms with Gasteiger partial charge in [0.25, 0.3) is 0 Å². The number of aromatic nitrogens is 3. The van der Waals surface area contributed by atoms with E-state index in [2.05, 4.69) is 14.6 Å². The van der Waals surface area contributed by atoms with E-state index < -0.39 is 5.97 Å². The number of nitrogens with zero attached hydrogens (tertiary/aromatic N) is 3. The maximum atomic E-state index is 11.8. The minimum absolute atomic E-state index is 0.184. The number of oxazole rings is 1. The van der Waals surface area contributed by atoms with Crippen LogP contribution < -0.4 is 0 Å². The van der Waals surface area contributed by atoms with Crippen molar-refractivity contribution in [3.63, 3.8) is 0 Å². The molecule has 0 bridgehead atoms. The van der Waals surface area contributed by atoms with Crippen molar-refractivity contribution in [2.24, 2.45) is 0 Å². The van der Waals surface area contributed by atoms with E-state index in [0.717, 1.165) is 11.5 Å². The number of carbonyl (C=O) groups excluding carboxylic acids is 1. The third-order valence-corrected chi connectivity index (χ3v) is 2.58. The number of ether oxygens (including phenoxy) is 1. The van der Waals surface area contributed by atoms with Gasteiger partial charge in [0.2, 0.25) is 0 Å². The second kappa shape index (κ2) is 4.62. The van der Waals surface area contributed by atoms with Gasteiger partial charge in [0.05, 0.1) is 6.10 Å². The molecular formula is C10H11N3O3S. The van der Waals surface area contributed by atoms with E-state index in [1.165, 1.54) is 6.26 Å². The second-order valence-corrected chi connectivity index (χ2v) is 4.41. The number of aryl methyl sites for hydroxylation is 1. The fourth-order valence-electron chi connectivity index (χ4n) is 1.23. The first kappa shape index (κ1) is 11.7. The molecule has 0 spiro atoms. The smallest absolute Gasteiger partial charge is 0.352 e.